The average Bonchev–Trinajstić information content (AvgIpc) is 2.55. The van der Waals surface area contributed by atoms with Crippen LogP contribution < -0.4 is 0 Å². The molecule has 1 aromatic rings. The topological polar surface area (TPSA) is 80.9 Å². The number of hydrogen-bond donors (Lipinski definition) is 1. The van der Waals surface area contributed by atoms with E-state index < -0.39 is 5.97 Å². The summed E-state index contributed by atoms with van der Waals surface area (Å²) in [6, 6.07) is 0. The fourth-order valence-electron chi connectivity index (χ4n) is 0.969. The van der Waals surface area contributed by atoms with Gasteiger partial charge in [-0.1, -0.05) is 6.42 Å². The Bertz CT molecular complexity index is 247. The van der Waals surface area contributed by atoms with E-state index in [1.165, 1.54) is 4.68 Å². The highest BCUT2D eigenvalue weighted by molar-refractivity contribution is 5.66. The van der Waals surface area contributed by atoms with Crippen LogP contribution in [-0.4, -0.2) is 31.3 Å². The van der Waals surface area contributed by atoms with Crippen LogP contribution in [0.15, 0.2) is 0 Å². The van der Waals surface area contributed by atoms with Crippen molar-refractivity contribution >= 4 is 5.97 Å². The van der Waals surface area contributed by atoms with Crippen molar-refractivity contribution in [2.75, 3.05) is 0 Å². The van der Waals surface area contributed by atoms with E-state index in [1.807, 2.05) is 0 Å². The summed E-state index contributed by atoms with van der Waals surface area (Å²) < 4.78 is 1.51. The molecular weight excluding hydrogens is 172 g/mol. The largest absolute Gasteiger partial charge is 0.481 e. The molecule has 1 radical (unpaired) electrons. The molecule has 0 aliphatic heterocycles. The number of unbranched alkanes of at least 4 members (excludes halogenated alkanes) is 2. The third-order valence-corrected chi connectivity index (χ3v) is 1.61. The molecule has 0 atom stereocenters. The first-order chi connectivity index (χ1) is 6.29. The minimum absolute atomic E-state index is 0.235. The van der Waals surface area contributed by atoms with E-state index in [2.05, 4.69) is 21.9 Å². The molecular formula is C7H11N4O2. The summed E-state index contributed by atoms with van der Waals surface area (Å²) in [4.78, 5) is 10.1. The van der Waals surface area contributed by atoms with E-state index in [9.17, 15) is 4.79 Å². The van der Waals surface area contributed by atoms with Gasteiger partial charge in [-0.15, -0.1) is 5.10 Å². The minimum atomic E-state index is -0.742. The number of rotatable bonds is 6. The van der Waals surface area contributed by atoms with Crippen molar-refractivity contribution < 1.29 is 9.90 Å². The van der Waals surface area contributed by atoms with Crippen molar-refractivity contribution in [3.05, 3.63) is 6.33 Å². The fraction of sp³-hybridized carbons (Fsp3) is 0.714. The van der Waals surface area contributed by atoms with Gasteiger partial charge in [0.05, 0.1) is 0 Å². The van der Waals surface area contributed by atoms with Gasteiger partial charge in [0.15, 0.2) is 0 Å². The molecule has 0 aromatic carbocycles. The lowest BCUT2D eigenvalue weighted by Gasteiger charge is -1.97. The van der Waals surface area contributed by atoms with E-state index in [4.69, 9.17) is 5.11 Å². The number of tetrazole rings is 1. The van der Waals surface area contributed by atoms with E-state index >= 15 is 0 Å². The molecule has 0 spiro atoms. The molecule has 0 amide bonds. The standard InChI is InChI=1S/C7H11N4O2/c12-7(13)4-2-1-3-5-11-6-8-9-10-11/h1-5H2,(H,12,13). The third-order valence-electron chi connectivity index (χ3n) is 1.61. The predicted molar refractivity (Wildman–Crippen MR) is 42.8 cm³/mol. The molecule has 0 aliphatic rings. The van der Waals surface area contributed by atoms with Gasteiger partial charge in [-0.3, -0.25) is 4.79 Å². The summed E-state index contributed by atoms with van der Waals surface area (Å²) in [7, 11) is 0. The summed E-state index contributed by atoms with van der Waals surface area (Å²) in [5.41, 5.74) is 0. The first kappa shape index (κ1) is 9.63. The number of hydrogen-bond acceptors (Lipinski definition) is 4. The van der Waals surface area contributed by atoms with Crippen LogP contribution in [0.25, 0.3) is 0 Å². The highest BCUT2D eigenvalue weighted by atomic mass is 16.4. The Kier molecular flexibility index (Phi) is 3.87. The number of carbonyl (C=O) groups is 1. The highest BCUT2D eigenvalue weighted by Gasteiger charge is 1.97. The normalized spacial score (nSPS) is 10.2. The number of aryl methyl sites for hydroxylation is 1. The van der Waals surface area contributed by atoms with E-state index in [0.717, 1.165) is 12.8 Å². The van der Waals surface area contributed by atoms with Crippen molar-refractivity contribution in [3.8, 4) is 0 Å². The van der Waals surface area contributed by atoms with Gasteiger partial charge in [0, 0.05) is 13.0 Å². The second-order valence-electron chi connectivity index (χ2n) is 2.71. The first-order valence-corrected chi connectivity index (χ1v) is 4.14. The van der Waals surface area contributed by atoms with E-state index in [0.29, 0.717) is 13.0 Å². The molecule has 0 unspecified atom stereocenters. The van der Waals surface area contributed by atoms with Crippen LogP contribution in [0.1, 0.15) is 25.7 Å². The third kappa shape index (κ3) is 4.19. The summed E-state index contributed by atoms with van der Waals surface area (Å²) in [6.07, 6.45) is 5.26. The summed E-state index contributed by atoms with van der Waals surface area (Å²) in [5, 5.41) is 18.8. The first-order valence-electron chi connectivity index (χ1n) is 4.14. The van der Waals surface area contributed by atoms with Gasteiger partial charge < -0.3 is 5.11 Å². The quantitative estimate of drug-likeness (QED) is 0.633. The molecule has 13 heavy (non-hydrogen) atoms. The molecule has 6 nitrogen and oxygen atoms in total. The van der Waals surface area contributed by atoms with Gasteiger partial charge in [-0.05, 0) is 23.3 Å². The number of aromatic nitrogens is 4. The maximum atomic E-state index is 10.1. The maximum Gasteiger partial charge on any atom is 0.303 e. The average molecular weight is 183 g/mol. The number of nitrogens with zero attached hydrogens (tertiary/aromatic N) is 4. The number of carboxylic acid groups (broad SMARTS) is 1. The van der Waals surface area contributed by atoms with Crippen LogP contribution in [0.3, 0.4) is 0 Å². The Hall–Kier alpha value is -1.46. The molecule has 71 valence electrons. The molecule has 1 rings (SSSR count). The Morgan fingerprint density at radius 2 is 2.23 bits per heavy atom. The molecule has 1 N–H and O–H groups in total. The fourth-order valence-corrected chi connectivity index (χ4v) is 0.969. The van der Waals surface area contributed by atoms with Crippen LogP contribution in [-0.2, 0) is 11.3 Å². The van der Waals surface area contributed by atoms with Gasteiger partial charge in [0.1, 0.15) is 0 Å². The predicted octanol–water partition coefficient (Wildman–Crippen LogP) is 0.118. The second kappa shape index (κ2) is 5.23. The molecule has 6 heteroatoms. The van der Waals surface area contributed by atoms with Crippen LogP contribution in [0, 0.1) is 6.33 Å². The molecule has 0 saturated heterocycles. The smallest absolute Gasteiger partial charge is 0.303 e. The zero-order chi connectivity index (χ0) is 9.52. The summed E-state index contributed by atoms with van der Waals surface area (Å²) >= 11 is 0. The van der Waals surface area contributed by atoms with Crippen molar-refractivity contribution in [2.24, 2.45) is 0 Å². The van der Waals surface area contributed by atoms with Gasteiger partial charge in [0.25, 0.3) is 0 Å². The Morgan fingerprint density at radius 1 is 1.38 bits per heavy atom. The Balaban J connectivity index is 1.99. The Morgan fingerprint density at radius 3 is 2.85 bits per heavy atom. The molecule has 0 aliphatic carbocycles. The van der Waals surface area contributed by atoms with E-state index in [-0.39, 0.29) is 6.42 Å². The van der Waals surface area contributed by atoms with Gasteiger partial charge in [-0.2, -0.15) is 0 Å². The number of aliphatic carboxylic acids is 1. The summed E-state index contributed by atoms with van der Waals surface area (Å²) in [6.45, 7) is 0.701. The molecule has 0 bridgehead atoms. The SMILES string of the molecule is O=C(O)CCCCCn1[c]nnn1. The zero-order valence-corrected chi connectivity index (χ0v) is 7.18. The molecule has 1 heterocycles. The van der Waals surface area contributed by atoms with Crippen LogP contribution >= 0.6 is 0 Å². The lowest BCUT2D eigenvalue weighted by Crippen LogP contribution is -2.00. The Labute approximate surface area is 75.6 Å². The van der Waals surface area contributed by atoms with Crippen molar-refractivity contribution in [2.45, 2.75) is 32.2 Å². The number of carboxylic acids is 1. The minimum Gasteiger partial charge on any atom is -0.481 e. The highest BCUT2D eigenvalue weighted by Crippen LogP contribution is 2.00. The molecule has 0 fully saturated rings. The van der Waals surface area contributed by atoms with Crippen LogP contribution in [0.5, 0.6) is 0 Å². The van der Waals surface area contributed by atoms with Crippen molar-refractivity contribution in [3.63, 3.8) is 0 Å². The van der Waals surface area contributed by atoms with Crippen molar-refractivity contribution in [1.29, 1.82) is 0 Å². The second-order valence-corrected chi connectivity index (χ2v) is 2.71. The molecule has 1 aromatic heterocycles. The lowest BCUT2D eigenvalue weighted by molar-refractivity contribution is -0.137. The lowest BCUT2D eigenvalue weighted by atomic mass is 10.2. The van der Waals surface area contributed by atoms with Gasteiger partial charge >= 0.3 is 5.97 Å². The zero-order valence-electron chi connectivity index (χ0n) is 7.18. The monoisotopic (exact) mass is 183 g/mol. The van der Waals surface area contributed by atoms with E-state index in [1.54, 1.807) is 0 Å². The maximum absolute atomic E-state index is 10.1. The van der Waals surface area contributed by atoms with Crippen LogP contribution in [0.4, 0.5) is 0 Å². The molecule has 0 saturated carbocycles. The van der Waals surface area contributed by atoms with Gasteiger partial charge in [-0.25, -0.2) is 4.68 Å². The van der Waals surface area contributed by atoms with Crippen LogP contribution in [0.2, 0.25) is 0 Å². The van der Waals surface area contributed by atoms with Gasteiger partial charge in [0.2, 0.25) is 6.33 Å². The van der Waals surface area contributed by atoms with Crippen molar-refractivity contribution in [1.82, 2.24) is 20.2 Å². The summed E-state index contributed by atoms with van der Waals surface area (Å²) in [5.74, 6) is -0.742.